The summed E-state index contributed by atoms with van der Waals surface area (Å²) in [5.41, 5.74) is 8.37. The van der Waals surface area contributed by atoms with Crippen molar-refractivity contribution in [2.24, 2.45) is 5.73 Å². The lowest BCUT2D eigenvalue weighted by atomic mass is 10.1. The van der Waals surface area contributed by atoms with Gasteiger partial charge in [0, 0.05) is 10.6 Å². The number of nitrogens with two attached hydrogens (primary N) is 1. The van der Waals surface area contributed by atoms with Crippen LogP contribution in [0.1, 0.15) is 16.7 Å². The summed E-state index contributed by atoms with van der Waals surface area (Å²) in [5.74, 6) is 1.50. The Hall–Kier alpha value is -1.58. The molecule has 2 aromatic rings. The highest BCUT2D eigenvalue weighted by Crippen LogP contribution is 2.29. The van der Waals surface area contributed by atoms with Crippen LogP contribution in [0.2, 0.25) is 5.02 Å². The first-order valence-corrected chi connectivity index (χ1v) is 6.60. The zero-order chi connectivity index (χ0) is 14.0. The number of hydrogen-bond donors (Lipinski definition) is 1. The van der Waals surface area contributed by atoms with E-state index in [1.807, 2.05) is 50.2 Å². The molecule has 4 heteroatoms. The predicted molar refractivity (Wildman–Crippen MR) is 83.3 cm³/mol. The summed E-state index contributed by atoms with van der Waals surface area (Å²) in [7, 11) is 0. The van der Waals surface area contributed by atoms with Crippen LogP contribution in [0.15, 0.2) is 36.4 Å². The Morgan fingerprint density at radius 2 is 1.58 bits per heavy atom. The highest BCUT2D eigenvalue weighted by molar-refractivity contribution is 7.80. The maximum Gasteiger partial charge on any atom is 0.128 e. The van der Waals surface area contributed by atoms with Gasteiger partial charge in [-0.05, 0) is 61.4 Å². The summed E-state index contributed by atoms with van der Waals surface area (Å²) in [6, 6.07) is 11.2. The normalized spacial score (nSPS) is 10.3. The molecule has 2 nitrogen and oxygen atoms in total. The van der Waals surface area contributed by atoms with Gasteiger partial charge in [-0.15, -0.1) is 0 Å². The number of rotatable bonds is 3. The van der Waals surface area contributed by atoms with Crippen LogP contribution < -0.4 is 10.5 Å². The molecule has 98 valence electrons. The lowest BCUT2D eigenvalue weighted by Gasteiger charge is -2.10. The Kier molecular flexibility index (Phi) is 4.08. The van der Waals surface area contributed by atoms with Gasteiger partial charge in [-0.1, -0.05) is 23.8 Å². The molecule has 0 bridgehead atoms. The van der Waals surface area contributed by atoms with Crippen LogP contribution in [0.25, 0.3) is 0 Å². The van der Waals surface area contributed by atoms with Crippen molar-refractivity contribution in [2.45, 2.75) is 13.8 Å². The first kappa shape index (κ1) is 13.8. The van der Waals surface area contributed by atoms with Crippen molar-refractivity contribution < 1.29 is 4.74 Å². The third-order valence-corrected chi connectivity index (χ3v) is 3.62. The fourth-order valence-corrected chi connectivity index (χ4v) is 2.03. The Bertz CT molecular complexity index is 600. The smallest absolute Gasteiger partial charge is 0.128 e. The van der Waals surface area contributed by atoms with Gasteiger partial charge in [0.2, 0.25) is 0 Å². The van der Waals surface area contributed by atoms with Crippen molar-refractivity contribution in [3.8, 4) is 11.5 Å². The van der Waals surface area contributed by atoms with E-state index in [1.54, 1.807) is 0 Å². The number of thiocarbonyl (C=S) groups is 1. The van der Waals surface area contributed by atoms with E-state index < -0.39 is 0 Å². The van der Waals surface area contributed by atoms with Gasteiger partial charge in [0.1, 0.15) is 16.5 Å². The summed E-state index contributed by atoms with van der Waals surface area (Å²) in [4.78, 5) is 0.379. The van der Waals surface area contributed by atoms with Crippen LogP contribution in [0.5, 0.6) is 11.5 Å². The van der Waals surface area contributed by atoms with Crippen LogP contribution in [0.3, 0.4) is 0 Å². The molecule has 0 aliphatic heterocycles. The molecular formula is C15H14ClNOS. The number of hydrogen-bond acceptors (Lipinski definition) is 2. The second kappa shape index (κ2) is 5.59. The molecule has 19 heavy (non-hydrogen) atoms. The largest absolute Gasteiger partial charge is 0.457 e. The zero-order valence-electron chi connectivity index (χ0n) is 10.7. The monoisotopic (exact) mass is 291 g/mol. The topological polar surface area (TPSA) is 35.2 Å². The first-order valence-electron chi connectivity index (χ1n) is 5.82. The highest BCUT2D eigenvalue weighted by atomic mass is 35.5. The van der Waals surface area contributed by atoms with E-state index in [-0.39, 0.29) is 0 Å². The van der Waals surface area contributed by atoms with Crippen LogP contribution in [-0.4, -0.2) is 4.99 Å². The quantitative estimate of drug-likeness (QED) is 0.852. The Labute approximate surface area is 123 Å². The Balaban J connectivity index is 2.24. The average molecular weight is 292 g/mol. The molecular weight excluding hydrogens is 278 g/mol. The number of halogens is 1. The second-order valence-corrected chi connectivity index (χ2v) is 5.18. The van der Waals surface area contributed by atoms with E-state index >= 15 is 0 Å². The van der Waals surface area contributed by atoms with E-state index in [1.165, 1.54) is 0 Å². The van der Waals surface area contributed by atoms with Crippen molar-refractivity contribution in [3.63, 3.8) is 0 Å². The average Bonchev–Trinajstić information content (AvgIpc) is 2.36. The maximum atomic E-state index is 6.12. The molecule has 0 radical (unpaired) electrons. The SMILES string of the molecule is Cc1cc(Oc2ccc(C(N)=S)cc2)cc(C)c1Cl. The molecule has 0 spiro atoms. The van der Waals surface area contributed by atoms with Crippen molar-refractivity contribution in [3.05, 3.63) is 58.1 Å². The molecule has 0 unspecified atom stereocenters. The number of benzene rings is 2. The van der Waals surface area contributed by atoms with E-state index in [2.05, 4.69) is 0 Å². The molecule has 0 amide bonds. The van der Waals surface area contributed by atoms with Crippen LogP contribution in [0, 0.1) is 13.8 Å². The molecule has 0 saturated heterocycles. The van der Waals surface area contributed by atoms with Gasteiger partial charge < -0.3 is 10.5 Å². The first-order chi connectivity index (χ1) is 8.97. The molecule has 2 rings (SSSR count). The number of aryl methyl sites for hydroxylation is 2. The summed E-state index contributed by atoms with van der Waals surface area (Å²) >= 11 is 11.0. The van der Waals surface area contributed by atoms with Crippen molar-refractivity contribution in [1.29, 1.82) is 0 Å². The third kappa shape index (κ3) is 3.25. The van der Waals surface area contributed by atoms with Gasteiger partial charge in [-0.25, -0.2) is 0 Å². The fourth-order valence-electron chi connectivity index (χ4n) is 1.79. The highest BCUT2D eigenvalue weighted by Gasteiger charge is 2.05. The fraction of sp³-hybridized carbons (Fsp3) is 0.133. The Morgan fingerprint density at radius 3 is 2.05 bits per heavy atom. The third-order valence-electron chi connectivity index (χ3n) is 2.78. The minimum atomic E-state index is 0.379. The second-order valence-electron chi connectivity index (χ2n) is 4.36. The minimum absolute atomic E-state index is 0.379. The molecule has 2 N–H and O–H groups in total. The predicted octanol–water partition coefficient (Wildman–Crippen LogP) is 4.38. The number of ether oxygens (including phenoxy) is 1. The maximum absolute atomic E-state index is 6.12. The van der Waals surface area contributed by atoms with Crippen molar-refractivity contribution in [2.75, 3.05) is 0 Å². The van der Waals surface area contributed by atoms with Gasteiger partial charge in [-0.3, -0.25) is 0 Å². The van der Waals surface area contributed by atoms with Gasteiger partial charge in [0.05, 0.1) is 0 Å². The van der Waals surface area contributed by atoms with Crippen LogP contribution >= 0.6 is 23.8 Å². The van der Waals surface area contributed by atoms with Crippen molar-refractivity contribution in [1.82, 2.24) is 0 Å². The van der Waals surface area contributed by atoms with Crippen molar-refractivity contribution >= 4 is 28.8 Å². The Morgan fingerprint density at radius 1 is 1.05 bits per heavy atom. The molecule has 0 aromatic heterocycles. The van der Waals surface area contributed by atoms with E-state index in [0.717, 1.165) is 33.2 Å². The lowest BCUT2D eigenvalue weighted by molar-refractivity contribution is 0.482. The van der Waals surface area contributed by atoms with E-state index in [9.17, 15) is 0 Å². The molecule has 0 atom stereocenters. The van der Waals surface area contributed by atoms with Gasteiger partial charge in [0.25, 0.3) is 0 Å². The lowest BCUT2D eigenvalue weighted by Crippen LogP contribution is -2.08. The molecule has 2 aromatic carbocycles. The molecule has 0 heterocycles. The van der Waals surface area contributed by atoms with Gasteiger partial charge in [0.15, 0.2) is 0 Å². The standard InChI is InChI=1S/C15H14ClNOS/c1-9-7-13(8-10(2)14(9)16)18-12-5-3-11(4-6-12)15(17)19/h3-8H,1-2H3,(H2,17,19). The van der Waals surface area contributed by atoms with E-state index in [0.29, 0.717) is 4.99 Å². The van der Waals surface area contributed by atoms with Crippen LogP contribution in [0.4, 0.5) is 0 Å². The zero-order valence-corrected chi connectivity index (χ0v) is 12.3. The minimum Gasteiger partial charge on any atom is -0.457 e. The molecule has 0 aliphatic rings. The summed E-state index contributed by atoms with van der Waals surface area (Å²) in [6.45, 7) is 3.91. The van der Waals surface area contributed by atoms with Gasteiger partial charge in [-0.2, -0.15) is 0 Å². The van der Waals surface area contributed by atoms with E-state index in [4.69, 9.17) is 34.3 Å². The molecule has 0 aliphatic carbocycles. The summed E-state index contributed by atoms with van der Waals surface area (Å²) in [5, 5.41) is 0.774. The molecule has 0 saturated carbocycles. The summed E-state index contributed by atoms with van der Waals surface area (Å²) in [6.07, 6.45) is 0. The van der Waals surface area contributed by atoms with Gasteiger partial charge >= 0.3 is 0 Å². The molecule has 0 fully saturated rings. The summed E-state index contributed by atoms with van der Waals surface area (Å²) < 4.78 is 5.79. The van der Waals surface area contributed by atoms with Crippen LogP contribution in [-0.2, 0) is 0 Å².